The van der Waals surface area contributed by atoms with E-state index in [9.17, 15) is 14.4 Å². The molecule has 0 bridgehead atoms. The Balaban J connectivity index is 1.42. The Morgan fingerprint density at radius 3 is 2.57 bits per heavy atom. The summed E-state index contributed by atoms with van der Waals surface area (Å²) in [7, 11) is 0. The molecule has 3 rings (SSSR count). The number of benzene rings is 1. The Morgan fingerprint density at radius 2 is 1.87 bits per heavy atom. The lowest BCUT2D eigenvalue weighted by Gasteiger charge is -2.31. The van der Waals surface area contributed by atoms with Crippen molar-refractivity contribution in [3.05, 3.63) is 42.1 Å². The Morgan fingerprint density at radius 1 is 1.13 bits per heavy atom. The molecule has 1 aliphatic heterocycles. The zero-order valence-electron chi connectivity index (χ0n) is 17.2. The number of hydrogen-bond donors (Lipinski definition) is 2. The van der Waals surface area contributed by atoms with Gasteiger partial charge in [-0.15, -0.1) is 0 Å². The second kappa shape index (κ2) is 10.6. The number of piperidine rings is 1. The maximum Gasteiger partial charge on any atom is 0.273 e. The third kappa shape index (κ3) is 5.68. The highest BCUT2D eigenvalue weighted by Crippen LogP contribution is 2.20. The summed E-state index contributed by atoms with van der Waals surface area (Å²) >= 11 is 0. The van der Waals surface area contributed by atoms with Gasteiger partial charge in [-0.05, 0) is 19.3 Å². The van der Waals surface area contributed by atoms with Crippen LogP contribution in [0.5, 0.6) is 0 Å². The van der Waals surface area contributed by atoms with E-state index in [0.717, 1.165) is 18.4 Å². The first-order chi connectivity index (χ1) is 14.6. The van der Waals surface area contributed by atoms with Gasteiger partial charge in [0.1, 0.15) is 0 Å². The van der Waals surface area contributed by atoms with Crippen LogP contribution in [-0.4, -0.2) is 54.0 Å². The molecule has 0 unspecified atom stereocenters. The lowest BCUT2D eigenvalue weighted by molar-refractivity contribution is -0.134. The predicted molar refractivity (Wildman–Crippen MR) is 111 cm³/mol. The minimum Gasteiger partial charge on any atom is -0.356 e. The van der Waals surface area contributed by atoms with Crippen LogP contribution >= 0.6 is 0 Å². The van der Waals surface area contributed by atoms with Crippen molar-refractivity contribution in [3.63, 3.8) is 0 Å². The van der Waals surface area contributed by atoms with E-state index in [1.807, 2.05) is 30.3 Å². The van der Waals surface area contributed by atoms with Gasteiger partial charge < -0.3 is 20.1 Å². The summed E-state index contributed by atoms with van der Waals surface area (Å²) in [5.74, 6) is -0.109. The van der Waals surface area contributed by atoms with E-state index >= 15 is 0 Å². The highest BCUT2D eigenvalue weighted by molar-refractivity contribution is 5.95. The summed E-state index contributed by atoms with van der Waals surface area (Å²) in [5, 5.41) is 9.34. The minimum atomic E-state index is -0.459. The Labute approximate surface area is 176 Å². The third-order valence-electron chi connectivity index (χ3n) is 5.25. The molecule has 1 fully saturated rings. The van der Waals surface area contributed by atoms with Crippen molar-refractivity contribution in [1.82, 2.24) is 20.7 Å². The molecule has 0 atom stereocenters. The van der Waals surface area contributed by atoms with E-state index in [2.05, 4.69) is 22.7 Å². The fourth-order valence-electron chi connectivity index (χ4n) is 3.40. The number of amides is 3. The first kappa shape index (κ1) is 21.5. The molecule has 1 saturated heterocycles. The molecule has 2 heterocycles. The molecule has 8 nitrogen and oxygen atoms in total. The van der Waals surface area contributed by atoms with E-state index < -0.39 is 5.91 Å². The van der Waals surface area contributed by atoms with Gasteiger partial charge in [-0.1, -0.05) is 48.8 Å². The number of nitrogens with zero attached hydrogens (tertiary/aromatic N) is 2. The monoisotopic (exact) mass is 412 g/mol. The SMILES string of the molecule is CCCCNC(=O)C1CCN(C(=O)CNC(=O)c2cc(-c3ccccc3)on2)CC1. The van der Waals surface area contributed by atoms with Crippen molar-refractivity contribution in [2.45, 2.75) is 32.6 Å². The van der Waals surface area contributed by atoms with Gasteiger partial charge in [0.2, 0.25) is 11.8 Å². The van der Waals surface area contributed by atoms with Crippen LogP contribution in [-0.2, 0) is 9.59 Å². The quantitative estimate of drug-likeness (QED) is 0.647. The molecule has 2 aromatic rings. The van der Waals surface area contributed by atoms with Gasteiger partial charge in [0.05, 0.1) is 6.54 Å². The van der Waals surface area contributed by atoms with Gasteiger partial charge in [-0.2, -0.15) is 0 Å². The lowest BCUT2D eigenvalue weighted by Crippen LogP contribution is -2.46. The molecular weight excluding hydrogens is 384 g/mol. The number of hydrogen-bond acceptors (Lipinski definition) is 5. The van der Waals surface area contributed by atoms with Crippen LogP contribution in [0.15, 0.2) is 40.9 Å². The number of carbonyl (C=O) groups is 3. The van der Waals surface area contributed by atoms with Crippen molar-refractivity contribution in [3.8, 4) is 11.3 Å². The molecule has 1 aromatic carbocycles. The van der Waals surface area contributed by atoms with Crippen molar-refractivity contribution >= 4 is 17.7 Å². The van der Waals surface area contributed by atoms with E-state index in [1.165, 1.54) is 0 Å². The molecule has 0 spiro atoms. The second-order valence-corrected chi connectivity index (χ2v) is 7.42. The average molecular weight is 412 g/mol. The van der Waals surface area contributed by atoms with Gasteiger partial charge in [0.25, 0.3) is 5.91 Å². The largest absolute Gasteiger partial charge is 0.356 e. The molecule has 2 N–H and O–H groups in total. The van der Waals surface area contributed by atoms with E-state index in [0.29, 0.717) is 38.2 Å². The fourth-order valence-corrected chi connectivity index (χ4v) is 3.40. The van der Waals surface area contributed by atoms with Gasteiger partial charge in [0.15, 0.2) is 11.5 Å². The zero-order chi connectivity index (χ0) is 21.3. The molecule has 1 aromatic heterocycles. The highest BCUT2D eigenvalue weighted by atomic mass is 16.5. The lowest BCUT2D eigenvalue weighted by atomic mass is 9.96. The Bertz CT molecular complexity index is 857. The molecule has 0 aliphatic carbocycles. The van der Waals surface area contributed by atoms with Crippen molar-refractivity contribution in [2.24, 2.45) is 5.92 Å². The Hall–Kier alpha value is -3.16. The summed E-state index contributed by atoms with van der Waals surface area (Å²) in [5.41, 5.74) is 0.950. The fraction of sp³-hybridized carbons (Fsp3) is 0.455. The smallest absolute Gasteiger partial charge is 0.273 e. The first-order valence-electron chi connectivity index (χ1n) is 10.4. The number of likely N-dealkylation sites (tertiary alicyclic amines) is 1. The van der Waals surface area contributed by atoms with Crippen LogP contribution < -0.4 is 10.6 Å². The predicted octanol–water partition coefficient (Wildman–Crippen LogP) is 2.23. The average Bonchev–Trinajstić information content (AvgIpc) is 3.28. The third-order valence-corrected chi connectivity index (χ3v) is 5.25. The summed E-state index contributed by atoms with van der Waals surface area (Å²) in [6, 6.07) is 10.9. The molecular formula is C22H28N4O4. The molecule has 1 aliphatic rings. The maximum absolute atomic E-state index is 12.4. The summed E-state index contributed by atoms with van der Waals surface area (Å²) in [4.78, 5) is 38.5. The number of carbonyl (C=O) groups excluding carboxylic acids is 3. The van der Waals surface area contributed by atoms with E-state index in [4.69, 9.17) is 4.52 Å². The van der Waals surface area contributed by atoms with Gasteiger partial charge >= 0.3 is 0 Å². The number of rotatable bonds is 8. The zero-order valence-corrected chi connectivity index (χ0v) is 17.2. The van der Waals surface area contributed by atoms with Crippen LogP contribution in [0, 0.1) is 5.92 Å². The topological polar surface area (TPSA) is 105 Å². The second-order valence-electron chi connectivity index (χ2n) is 7.42. The van der Waals surface area contributed by atoms with Crippen LogP contribution in [0.25, 0.3) is 11.3 Å². The minimum absolute atomic E-state index is 0.0490. The summed E-state index contributed by atoms with van der Waals surface area (Å²) in [6.45, 7) is 3.71. The Kier molecular flexibility index (Phi) is 7.59. The van der Waals surface area contributed by atoms with Crippen LogP contribution in [0.1, 0.15) is 43.1 Å². The normalized spacial score (nSPS) is 14.4. The maximum atomic E-state index is 12.4. The number of unbranched alkanes of at least 4 members (excludes halogenated alkanes) is 1. The number of aromatic nitrogens is 1. The van der Waals surface area contributed by atoms with Gasteiger partial charge in [0, 0.05) is 37.2 Å². The van der Waals surface area contributed by atoms with Crippen LogP contribution in [0.4, 0.5) is 0 Å². The molecule has 0 saturated carbocycles. The van der Waals surface area contributed by atoms with Crippen LogP contribution in [0.3, 0.4) is 0 Å². The molecule has 0 radical (unpaired) electrons. The van der Waals surface area contributed by atoms with Gasteiger partial charge in [-0.3, -0.25) is 14.4 Å². The standard InChI is InChI=1S/C22H28N4O4/c1-2-3-11-23-21(28)17-9-12-26(13-10-17)20(27)15-24-22(29)18-14-19(30-25-18)16-7-5-4-6-8-16/h4-8,14,17H,2-3,9-13,15H2,1H3,(H,23,28)(H,24,29). The summed E-state index contributed by atoms with van der Waals surface area (Å²) in [6.07, 6.45) is 3.30. The van der Waals surface area contributed by atoms with Gasteiger partial charge in [-0.25, -0.2) is 0 Å². The molecule has 3 amide bonds. The molecule has 30 heavy (non-hydrogen) atoms. The van der Waals surface area contributed by atoms with E-state index in [1.54, 1.807) is 11.0 Å². The van der Waals surface area contributed by atoms with Crippen molar-refractivity contribution < 1.29 is 18.9 Å². The van der Waals surface area contributed by atoms with Crippen molar-refractivity contribution in [2.75, 3.05) is 26.2 Å². The van der Waals surface area contributed by atoms with Crippen LogP contribution in [0.2, 0.25) is 0 Å². The molecule has 8 heteroatoms. The molecule has 160 valence electrons. The van der Waals surface area contributed by atoms with Crippen molar-refractivity contribution in [1.29, 1.82) is 0 Å². The first-order valence-corrected chi connectivity index (χ1v) is 10.4. The van der Waals surface area contributed by atoms with E-state index in [-0.39, 0.29) is 30.0 Å². The summed E-state index contributed by atoms with van der Waals surface area (Å²) < 4.78 is 5.22. The highest BCUT2D eigenvalue weighted by Gasteiger charge is 2.27. The number of nitrogens with one attached hydrogen (secondary N) is 2.